The number of hydrogen-bond acceptors (Lipinski definition) is 4. The van der Waals surface area contributed by atoms with Gasteiger partial charge in [-0.05, 0) is 56.8 Å². The lowest BCUT2D eigenvalue weighted by atomic mass is 10.2. The minimum atomic E-state index is -0.463. The van der Waals surface area contributed by atoms with E-state index in [-0.39, 0.29) is 18.4 Å². The smallest absolute Gasteiger partial charge is 0.241 e. The zero-order valence-electron chi connectivity index (χ0n) is 14.4. The summed E-state index contributed by atoms with van der Waals surface area (Å²) in [4.78, 5) is 30.2. The third-order valence-corrected chi connectivity index (χ3v) is 4.20. The molecule has 0 aliphatic heterocycles. The van der Waals surface area contributed by atoms with Crippen LogP contribution in [0.15, 0.2) is 47.1 Å². The normalized spacial score (nSPS) is 11.9. The van der Waals surface area contributed by atoms with Crippen molar-refractivity contribution in [2.24, 2.45) is 0 Å². The van der Waals surface area contributed by atoms with Crippen molar-refractivity contribution in [1.82, 2.24) is 9.88 Å². The SMILES string of the molecule is Cc1ccnc(NC(=O)CN(C)C(C)C(=O)Nc2cccc(Br)c2)c1. The Balaban J connectivity index is 1.89. The second-order valence-electron chi connectivity index (χ2n) is 5.86. The molecule has 1 aromatic carbocycles. The number of nitrogens with one attached hydrogen (secondary N) is 2. The number of pyridine rings is 1. The number of rotatable bonds is 6. The maximum absolute atomic E-state index is 12.3. The van der Waals surface area contributed by atoms with Gasteiger partial charge in [-0.25, -0.2) is 4.98 Å². The molecule has 1 unspecified atom stereocenters. The molecular formula is C18H21BrN4O2. The van der Waals surface area contributed by atoms with E-state index in [0.29, 0.717) is 11.5 Å². The van der Waals surface area contributed by atoms with E-state index >= 15 is 0 Å². The highest BCUT2D eigenvalue weighted by Crippen LogP contribution is 2.16. The number of hydrogen-bond donors (Lipinski definition) is 2. The molecule has 1 aromatic heterocycles. The number of likely N-dealkylation sites (N-methyl/N-ethyl adjacent to an activating group) is 1. The Bertz CT molecular complexity index is 766. The van der Waals surface area contributed by atoms with Crippen LogP contribution in [0.1, 0.15) is 12.5 Å². The van der Waals surface area contributed by atoms with Crippen molar-refractivity contribution in [3.05, 3.63) is 52.6 Å². The summed E-state index contributed by atoms with van der Waals surface area (Å²) in [5, 5.41) is 5.57. The zero-order valence-corrected chi connectivity index (χ0v) is 16.0. The van der Waals surface area contributed by atoms with Crippen molar-refractivity contribution in [2.75, 3.05) is 24.2 Å². The lowest BCUT2D eigenvalue weighted by molar-refractivity contribution is -0.122. The van der Waals surface area contributed by atoms with Gasteiger partial charge in [0.25, 0.3) is 0 Å². The van der Waals surface area contributed by atoms with Gasteiger partial charge in [0.15, 0.2) is 0 Å². The van der Waals surface area contributed by atoms with Gasteiger partial charge in [0.2, 0.25) is 11.8 Å². The summed E-state index contributed by atoms with van der Waals surface area (Å²) in [5.41, 5.74) is 1.72. The van der Waals surface area contributed by atoms with Crippen LogP contribution in [0, 0.1) is 6.92 Å². The second kappa shape index (κ2) is 8.73. The summed E-state index contributed by atoms with van der Waals surface area (Å²) in [7, 11) is 1.73. The molecule has 0 aliphatic rings. The van der Waals surface area contributed by atoms with Crippen LogP contribution in [0.2, 0.25) is 0 Å². The van der Waals surface area contributed by atoms with Gasteiger partial charge in [-0.3, -0.25) is 14.5 Å². The molecule has 0 fully saturated rings. The largest absolute Gasteiger partial charge is 0.325 e. The molecule has 0 saturated carbocycles. The Morgan fingerprint density at radius 2 is 2.00 bits per heavy atom. The first-order valence-corrected chi connectivity index (χ1v) is 8.63. The highest BCUT2D eigenvalue weighted by atomic mass is 79.9. The Labute approximate surface area is 155 Å². The molecule has 1 atom stereocenters. The fourth-order valence-corrected chi connectivity index (χ4v) is 2.56. The number of carbonyl (C=O) groups excluding carboxylic acids is 2. The first kappa shape index (κ1) is 19.1. The second-order valence-corrected chi connectivity index (χ2v) is 6.77. The average molecular weight is 405 g/mol. The average Bonchev–Trinajstić information content (AvgIpc) is 2.53. The van der Waals surface area contributed by atoms with Gasteiger partial charge in [0, 0.05) is 16.4 Å². The van der Waals surface area contributed by atoms with E-state index in [2.05, 4.69) is 31.5 Å². The molecule has 1 heterocycles. The van der Waals surface area contributed by atoms with Crippen molar-refractivity contribution in [3.63, 3.8) is 0 Å². The minimum Gasteiger partial charge on any atom is -0.325 e. The fourth-order valence-electron chi connectivity index (χ4n) is 2.16. The lowest BCUT2D eigenvalue weighted by Crippen LogP contribution is -2.43. The van der Waals surface area contributed by atoms with Crippen molar-refractivity contribution in [1.29, 1.82) is 0 Å². The van der Waals surface area contributed by atoms with Gasteiger partial charge in [0.05, 0.1) is 12.6 Å². The van der Waals surface area contributed by atoms with Gasteiger partial charge in [-0.1, -0.05) is 22.0 Å². The van der Waals surface area contributed by atoms with E-state index in [1.807, 2.05) is 37.3 Å². The van der Waals surface area contributed by atoms with Crippen molar-refractivity contribution in [3.8, 4) is 0 Å². The third-order valence-electron chi connectivity index (χ3n) is 3.71. The summed E-state index contributed by atoms with van der Waals surface area (Å²) >= 11 is 3.37. The molecule has 25 heavy (non-hydrogen) atoms. The van der Waals surface area contributed by atoms with Gasteiger partial charge >= 0.3 is 0 Å². The Hall–Kier alpha value is -2.25. The van der Waals surface area contributed by atoms with Gasteiger partial charge < -0.3 is 10.6 Å². The number of carbonyl (C=O) groups is 2. The number of aryl methyl sites for hydroxylation is 1. The van der Waals surface area contributed by atoms with Crippen molar-refractivity contribution >= 4 is 39.2 Å². The van der Waals surface area contributed by atoms with Crippen molar-refractivity contribution < 1.29 is 9.59 Å². The molecule has 2 aromatic rings. The van der Waals surface area contributed by atoms with E-state index in [1.54, 1.807) is 31.1 Å². The molecule has 0 bridgehead atoms. The first-order chi connectivity index (χ1) is 11.8. The van der Waals surface area contributed by atoms with Crippen LogP contribution in [-0.4, -0.2) is 41.3 Å². The Kier molecular flexibility index (Phi) is 6.66. The fraction of sp³-hybridized carbons (Fsp3) is 0.278. The topological polar surface area (TPSA) is 74.3 Å². The van der Waals surface area contributed by atoms with E-state index in [4.69, 9.17) is 0 Å². The number of amides is 2. The molecule has 0 radical (unpaired) electrons. The minimum absolute atomic E-state index is 0.0860. The monoisotopic (exact) mass is 404 g/mol. The molecule has 2 rings (SSSR count). The van der Waals surface area contributed by atoms with Crippen LogP contribution in [0.5, 0.6) is 0 Å². The molecule has 132 valence electrons. The third kappa shape index (κ3) is 5.95. The summed E-state index contributed by atoms with van der Waals surface area (Å²) in [6, 6.07) is 10.5. The summed E-state index contributed by atoms with van der Waals surface area (Å²) < 4.78 is 0.885. The standard InChI is InChI=1S/C18H21BrN4O2/c1-12-7-8-20-16(9-12)22-17(24)11-23(3)13(2)18(25)21-15-6-4-5-14(19)10-15/h4-10,13H,11H2,1-3H3,(H,21,25)(H,20,22,24). The highest BCUT2D eigenvalue weighted by molar-refractivity contribution is 9.10. The number of benzene rings is 1. The number of halogens is 1. The molecule has 2 N–H and O–H groups in total. The Morgan fingerprint density at radius 1 is 1.24 bits per heavy atom. The highest BCUT2D eigenvalue weighted by Gasteiger charge is 2.20. The van der Waals surface area contributed by atoms with Gasteiger partial charge in [0.1, 0.15) is 5.82 Å². The van der Waals surface area contributed by atoms with Crippen molar-refractivity contribution in [2.45, 2.75) is 19.9 Å². The maximum Gasteiger partial charge on any atom is 0.241 e. The van der Waals surface area contributed by atoms with E-state index in [0.717, 1.165) is 10.0 Å². The van der Waals surface area contributed by atoms with Gasteiger partial charge in [-0.2, -0.15) is 0 Å². The molecule has 0 saturated heterocycles. The maximum atomic E-state index is 12.3. The molecule has 0 spiro atoms. The van der Waals surface area contributed by atoms with Crippen LogP contribution in [-0.2, 0) is 9.59 Å². The predicted octanol–water partition coefficient (Wildman–Crippen LogP) is 3.05. The number of nitrogens with zero attached hydrogens (tertiary/aromatic N) is 2. The summed E-state index contributed by atoms with van der Waals surface area (Å²) in [5.74, 6) is 0.106. The first-order valence-electron chi connectivity index (χ1n) is 7.84. The molecule has 7 heteroatoms. The van der Waals surface area contributed by atoms with Gasteiger partial charge in [-0.15, -0.1) is 0 Å². The van der Waals surface area contributed by atoms with E-state index < -0.39 is 6.04 Å². The van der Waals surface area contributed by atoms with Crippen LogP contribution < -0.4 is 10.6 Å². The molecular weight excluding hydrogens is 384 g/mol. The number of anilines is 2. The zero-order chi connectivity index (χ0) is 18.4. The van der Waals surface area contributed by atoms with E-state index in [9.17, 15) is 9.59 Å². The molecule has 6 nitrogen and oxygen atoms in total. The quantitative estimate of drug-likeness (QED) is 0.775. The Morgan fingerprint density at radius 3 is 2.68 bits per heavy atom. The lowest BCUT2D eigenvalue weighted by Gasteiger charge is -2.23. The van der Waals surface area contributed by atoms with Crippen LogP contribution >= 0.6 is 15.9 Å². The van der Waals surface area contributed by atoms with E-state index in [1.165, 1.54) is 0 Å². The predicted molar refractivity (Wildman–Crippen MR) is 102 cm³/mol. The van der Waals surface area contributed by atoms with Crippen LogP contribution in [0.3, 0.4) is 0 Å². The summed E-state index contributed by atoms with van der Waals surface area (Å²) in [6.07, 6.45) is 1.64. The number of aromatic nitrogens is 1. The van der Waals surface area contributed by atoms with Crippen LogP contribution in [0.25, 0.3) is 0 Å². The molecule has 0 aliphatic carbocycles. The summed E-state index contributed by atoms with van der Waals surface area (Å²) in [6.45, 7) is 3.77. The molecule has 2 amide bonds. The van der Waals surface area contributed by atoms with Crippen LogP contribution in [0.4, 0.5) is 11.5 Å².